The first-order valence-electron chi connectivity index (χ1n) is 7.87. The molecule has 0 amide bonds. The zero-order valence-corrected chi connectivity index (χ0v) is 17.8. The van der Waals surface area contributed by atoms with Crippen molar-refractivity contribution >= 4 is 26.5 Å². The van der Waals surface area contributed by atoms with Crippen LogP contribution in [-0.2, 0) is 18.6 Å². The molecule has 0 aliphatic heterocycles. The molecule has 0 aromatic carbocycles. The maximum absolute atomic E-state index is 12.7. The van der Waals surface area contributed by atoms with Crippen LogP contribution in [0.25, 0.3) is 0 Å². The third-order valence-electron chi connectivity index (χ3n) is 2.70. The van der Waals surface area contributed by atoms with E-state index in [4.69, 9.17) is 13.8 Å². The Morgan fingerprint density at radius 1 is 1.05 bits per heavy atom. The molecule has 0 radical (unpaired) electrons. The summed E-state index contributed by atoms with van der Waals surface area (Å²) in [6, 6.07) is 0. The standard InChI is InChI=1S/C15H34NO4PSi/c1-11-18-14(17)15(22(8,9)10)21(16(6)7,19-12(2)3)20-13(4)5/h12-13H,11H2,1-10H3. The van der Waals surface area contributed by atoms with Crippen molar-refractivity contribution < 1.29 is 18.6 Å². The van der Waals surface area contributed by atoms with Gasteiger partial charge in [-0.3, -0.25) is 0 Å². The molecule has 0 rings (SSSR count). The zero-order chi connectivity index (χ0) is 17.7. The smallest absolute Gasteiger partial charge is 0.335 e. The highest BCUT2D eigenvalue weighted by atomic mass is 31.2. The molecule has 0 aromatic rings. The maximum Gasteiger partial charge on any atom is 0.335 e. The van der Waals surface area contributed by atoms with Crippen LogP contribution in [0.5, 0.6) is 0 Å². The number of nitrogens with zero attached hydrogens (tertiary/aromatic N) is 1. The van der Waals surface area contributed by atoms with Crippen molar-refractivity contribution in [2.24, 2.45) is 0 Å². The average molecular weight is 352 g/mol. The topological polar surface area (TPSA) is 48.0 Å². The molecule has 0 heterocycles. The monoisotopic (exact) mass is 351 g/mol. The van der Waals surface area contributed by atoms with Crippen LogP contribution in [0.1, 0.15) is 34.6 Å². The number of carbonyl (C=O) groups excluding carboxylic acids is 1. The second-order valence-corrected chi connectivity index (χ2v) is 15.1. The summed E-state index contributed by atoms with van der Waals surface area (Å²) < 4.78 is 19.8. The summed E-state index contributed by atoms with van der Waals surface area (Å²) in [4.78, 5) is 13.4. The second-order valence-electron chi connectivity index (χ2n) is 7.00. The van der Waals surface area contributed by atoms with Crippen molar-refractivity contribution in [3.63, 3.8) is 0 Å². The normalized spacial score (nSPS) is 13.1. The Hall–Kier alpha value is -0.133. The molecule has 5 nitrogen and oxygen atoms in total. The van der Waals surface area contributed by atoms with Gasteiger partial charge in [-0.05, 0) is 48.7 Å². The van der Waals surface area contributed by atoms with E-state index in [2.05, 4.69) is 19.6 Å². The van der Waals surface area contributed by atoms with Crippen LogP contribution in [0.15, 0.2) is 0 Å². The average Bonchev–Trinajstić information content (AvgIpc) is 2.24. The number of esters is 1. The van der Waals surface area contributed by atoms with Gasteiger partial charge in [0, 0.05) is 0 Å². The fraction of sp³-hybridized carbons (Fsp3) is 0.867. The van der Waals surface area contributed by atoms with Crippen LogP contribution in [-0.4, -0.2) is 56.5 Å². The van der Waals surface area contributed by atoms with Gasteiger partial charge in [0.1, 0.15) is 0 Å². The Bertz CT molecular complexity index is 414. The molecule has 0 unspecified atom stereocenters. The first-order chi connectivity index (χ1) is 9.88. The van der Waals surface area contributed by atoms with Crippen LogP contribution in [0, 0.1) is 0 Å². The molecule has 0 N–H and O–H groups in total. The summed E-state index contributed by atoms with van der Waals surface area (Å²) in [5, 5.41) is 0. The second kappa shape index (κ2) is 8.64. The maximum atomic E-state index is 12.7. The molecule has 132 valence electrons. The minimum absolute atomic E-state index is 0.0461. The van der Waals surface area contributed by atoms with Gasteiger partial charge >= 0.3 is 5.97 Å². The highest BCUT2D eigenvalue weighted by Gasteiger charge is 2.42. The van der Waals surface area contributed by atoms with Crippen molar-refractivity contribution in [2.75, 3.05) is 20.7 Å². The molecular weight excluding hydrogens is 317 g/mol. The lowest BCUT2D eigenvalue weighted by Crippen LogP contribution is -2.44. The van der Waals surface area contributed by atoms with Gasteiger partial charge in [0.15, 0.2) is 0 Å². The molecule has 7 heteroatoms. The summed E-state index contributed by atoms with van der Waals surface area (Å²) in [6.07, 6.45) is -0.0921. The quantitative estimate of drug-likeness (QED) is 0.378. The van der Waals surface area contributed by atoms with Crippen molar-refractivity contribution in [2.45, 2.75) is 66.5 Å². The lowest BCUT2D eigenvalue weighted by atomic mass is 10.5. The number of hydrogen-bond acceptors (Lipinski definition) is 5. The third kappa shape index (κ3) is 5.82. The zero-order valence-electron chi connectivity index (χ0n) is 15.9. The SMILES string of the molecule is CCOC(=O)C([Si](C)(C)C)=P(OC(C)C)(OC(C)C)N(C)C. The Morgan fingerprint density at radius 2 is 1.45 bits per heavy atom. The van der Waals surface area contributed by atoms with E-state index < -0.39 is 15.6 Å². The predicted octanol–water partition coefficient (Wildman–Crippen LogP) is 3.77. The number of rotatable bonds is 8. The summed E-state index contributed by atoms with van der Waals surface area (Å²) in [5.41, 5.74) is 0. The predicted molar refractivity (Wildman–Crippen MR) is 98.0 cm³/mol. The lowest BCUT2D eigenvalue weighted by Gasteiger charge is -2.39. The van der Waals surface area contributed by atoms with Crippen LogP contribution in [0.4, 0.5) is 0 Å². The van der Waals surface area contributed by atoms with Crippen molar-refractivity contribution in [1.29, 1.82) is 0 Å². The van der Waals surface area contributed by atoms with Gasteiger partial charge in [-0.1, -0.05) is 19.6 Å². The molecule has 0 fully saturated rings. The van der Waals surface area contributed by atoms with Gasteiger partial charge in [-0.25, -0.2) is 9.46 Å². The van der Waals surface area contributed by atoms with E-state index >= 15 is 0 Å². The van der Waals surface area contributed by atoms with Crippen molar-refractivity contribution in [1.82, 2.24) is 4.67 Å². The minimum atomic E-state index is -2.66. The van der Waals surface area contributed by atoms with E-state index in [1.807, 2.05) is 53.4 Å². The molecule has 0 aliphatic carbocycles. The Balaban J connectivity index is 6.58. The molecule has 0 saturated heterocycles. The first kappa shape index (κ1) is 21.9. The highest BCUT2D eigenvalue weighted by molar-refractivity contribution is 7.73. The van der Waals surface area contributed by atoms with E-state index in [1.54, 1.807) is 0 Å². The molecular formula is C15H34NO4PSi. The van der Waals surface area contributed by atoms with Crippen LogP contribution in [0.3, 0.4) is 0 Å². The summed E-state index contributed by atoms with van der Waals surface area (Å²) in [5.74, 6) is -0.273. The van der Waals surface area contributed by atoms with Gasteiger partial charge in [0.2, 0.25) is 7.49 Å². The van der Waals surface area contributed by atoms with Crippen LogP contribution < -0.4 is 0 Å². The fourth-order valence-electron chi connectivity index (χ4n) is 2.14. The molecule has 0 spiro atoms. The Labute approximate surface area is 137 Å². The van der Waals surface area contributed by atoms with Gasteiger partial charge in [0.05, 0.1) is 31.8 Å². The fourth-order valence-corrected chi connectivity index (χ4v) is 9.60. The Kier molecular flexibility index (Phi) is 8.59. The molecule has 0 atom stereocenters. The van der Waals surface area contributed by atoms with Gasteiger partial charge in [-0.2, -0.15) is 0 Å². The van der Waals surface area contributed by atoms with Crippen LogP contribution in [0.2, 0.25) is 19.6 Å². The number of carbonyl (C=O) groups is 1. The van der Waals surface area contributed by atoms with Gasteiger partial charge < -0.3 is 13.8 Å². The molecule has 22 heavy (non-hydrogen) atoms. The molecule has 0 saturated carbocycles. The van der Waals surface area contributed by atoms with E-state index in [0.29, 0.717) is 11.5 Å². The van der Waals surface area contributed by atoms with Crippen molar-refractivity contribution in [3.8, 4) is 0 Å². The number of ether oxygens (including phenoxy) is 1. The Morgan fingerprint density at radius 3 is 1.68 bits per heavy atom. The van der Waals surface area contributed by atoms with Gasteiger partial charge in [0.25, 0.3) is 0 Å². The summed E-state index contributed by atoms with van der Waals surface area (Å²) in [7, 11) is -0.851. The van der Waals surface area contributed by atoms with Gasteiger partial charge in [-0.15, -0.1) is 0 Å². The van der Waals surface area contributed by atoms with Crippen molar-refractivity contribution in [3.05, 3.63) is 0 Å². The summed E-state index contributed by atoms with van der Waals surface area (Å²) >= 11 is 0. The third-order valence-corrected chi connectivity index (χ3v) is 10.4. The molecule has 0 aliphatic rings. The van der Waals surface area contributed by atoms with E-state index in [9.17, 15) is 4.79 Å². The largest absolute Gasteiger partial charge is 0.463 e. The first-order valence-corrected chi connectivity index (χ1v) is 12.9. The number of hydrogen-bond donors (Lipinski definition) is 0. The minimum Gasteiger partial charge on any atom is -0.463 e. The van der Waals surface area contributed by atoms with Crippen LogP contribution >= 0.6 is 7.49 Å². The summed E-state index contributed by atoms with van der Waals surface area (Å²) in [6.45, 7) is 16.4. The highest BCUT2D eigenvalue weighted by Crippen LogP contribution is 2.56. The van der Waals surface area contributed by atoms with E-state index in [1.165, 1.54) is 0 Å². The molecule has 0 aromatic heterocycles. The lowest BCUT2D eigenvalue weighted by molar-refractivity contribution is -0.134. The van der Waals surface area contributed by atoms with E-state index in [-0.39, 0.29) is 18.2 Å². The molecule has 0 bridgehead atoms. The van der Waals surface area contributed by atoms with E-state index in [0.717, 1.165) is 0 Å².